The Morgan fingerprint density at radius 2 is 1.92 bits per heavy atom. The van der Waals surface area contributed by atoms with Crippen LogP contribution in [-0.2, 0) is 9.59 Å². The number of carbonyl (C=O) groups excluding carboxylic acids is 2. The summed E-state index contributed by atoms with van der Waals surface area (Å²) in [5.74, 6) is 0.920. The highest BCUT2D eigenvalue weighted by molar-refractivity contribution is 8.01. The first-order valence-corrected chi connectivity index (χ1v) is 8.56. The molecule has 7 heteroatoms. The Hall–Kier alpha value is -2.67. The molecule has 3 rings (SSSR count). The van der Waals surface area contributed by atoms with Crippen LogP contribution in [0.5, 0.6) is 11.5 Å². The molecule has 1 heterocycles. The molecule has 25 heavy (non-hydrogen) atoms. The minimum Gasteiger partial charge on any atom is -0.497 e. The normalized spacial score (nSPS) is 15.8. The lowest BCUT2D eigenvalue weighted by molar-refractivity contribution is -0.120. The van der Waals surface area contributed by atoms with Crippen molar-refractivity contribution >= 4 is 35.0 Å². The van der Waals surface area contributed by atoms with Gasteiger partial charge in [-0.2, -0.15) is 0 Å². The monoisotopic (exact) mass is 358 g/mol. The quantitative estimate of drug-likeness (QED) is 0.859. The van der Waals surface area contributed by atoms with Gasteiger partial charge in [0, 0.05) is 29.1 Å². The number of hydrogen-bond acceptors (Lipinski definition) is 5. The van der Waals surface area contributed by atoms with E-state index in [9.17, 15) is 9.59 Å². The van der Waals surface area contributed by atoms with Crippen LogP contribution in [0.2, 0.25) is 0 Å². The molecule has 0 fully saturated rings. The summed E-state index contributed by atoms with van der Waals surface area (Å²) in [7, 11) is 3.14. The third-order valence-electron chi connectivity index (χ3n) is 3.73. The summed E-state index contributed by atoms with van der Waals surface area (Å²) in [5, 5.41) is 5.15. The lowest BCUT2D eigenvalue weighted by atomic mass is 10.2. The fraction of sp³-hybridized carbons (Fsp3) is 0.222. The highest BCUT2D eigenvalue weighted by atomic mass is 32.2. The SMILES string of the molecule is COc1cccc(NC(=O)CC2Sc3ccc(OC)cc3NC2=O)c1. The van der Waals surface area contributed by atoms with Crippen molar-refractivity contribution in [3.8, 4) is 11.5 Å². The van der Waals surface area contributed by atoms with E-state index in [0.717, 1.165) is 4.90 Å². The van der Waals surface area contributed by atoms with E-state index in [2.05, 4.69) is 10.6 Å². The van der Waals surface area contributed by atoms with E-state index in [0.29, 0.717) is 22.9 Å². The maximum absolute atomic E-state index is 12.3. The number of benzene rings is 2. The van der Waals surface area contributed by atoms with Crippen molar-refractivity contribution in [2.24, 2.45) is 0 Å². The van der Waals surface area contributed by atoms with Gasteiger partial charge in [0.2, 0.25) is 11.8 Å². The molecule has 130 valence electrons. The molecule has 0 radical (unpaired) electrons. The fourth-order valence-electron chi connectivity index (χ4n) is 2.47. The van der Waals surface area contributed by atoms with Crippen molar-refractivity contribution in [1.82, 2.24) is 0 Å². The number of methoxy groups -OCH3 is 2. The first-order chi connectivity index (χ1) is 12.1. The van der Waals surface area contributed by atoms with Crippen LogP contribution in [0, 0.1) is 0 Å². The third-order valence-corrected chi connectivity index (χ3v) is 5.01. The molecule has 0 aromatic heterocycles. The van der Waals surface area contributed by atoms with E-state index in [1.54, 1.807) is 44.6 Å². The molecule has 1 atom stereocenters. The maximum atomic E-state index is 12.3. The van der Waals surface area contributed by atoms with Gasteiger partial charge in [-0.15, -0.1) is 11.8 Å². The Kier molecular flexibility index (Phi) is 5.14. The Morgan fingerprint density at radius 3 is 2.68 bits per heavy atom. The van der Waals surface area contributed by atoms with Gasteiger partial charge in [0.15, 0.2) is 0 Å². The minimum absolute atomic E-state index is 0.0825. The number of anilines is 2. The zero-order valence-electron chi connectivity index (χ0n) is 13.9. The number of carbonyl (C=O) groups is 2. The van der Waals surface area contributed by atoms with Gasteiger partial charge in [-0.25, -0.2) is 0 Å². The second kappa shape index (κ2) is 7.48. The Morgan fingerprint density at radius 1 is 1.16 bits per heavy atom. The van der Waals surface area contributed by atoms with Crippen LogP contribution in [0.15, 0.2) is 47.4 Å². The van der Waals surface area contributed by atoms with Crippen molar-refractivity contribution < 1.29 is 19.1 Å². The van der Waals surface area contributed by atoms with Crippen LogP contribution >= 0.6 is 11.8 Å². The second-order valence-electron chi connectivity index (χ2n) is 5.44. The Labute approximate surface area is 149 Å². The zero-order chi connectivity index (χ0) is 17.8. The summed E-state index contributed by atoms with van der Waals surface area (Å²) < 4.78 is 10.3. The van der Waals surface area contributed by atoms with Crippen LogP contribution in [0.1, 0.15) is 6.42 Å². The smallest absolute Gasteiger partial charge is 0.238 e. The molecule has 1 unspecified atom stereocenters. The Balaban J connectivity index is 1.66. The van der Waals surface area contributed by atoms with Crippen LogP contribution < -0.4 is 20.1 Å². The molecule has 6 nitrogen and oxygen atoms in total. The number of thioether (sulfide) groups is 1. The van der Waals surface area contributed by atoms with Gasteiger partial charge in [-0.05, 0) is 24.3 Å². The van der Waals surface area contributed by atoms with Crippen LogP contribution in [0.3, 0.4) is 0 Å². The molecule has 0 saturated heterocycles. The molecule has 0 saturated carbocycles. The summed E-state index contributed by atoms with van der Waals surface area (Å²) in [4.78, 5) is 25.5. The van der Waals surface area contributed by atoms with E-state index >= 15 is 0 Å². The van der Waals surface area contributed by atoms with Gasteiger partial charge >= 0.3 is 0 Å². The largest absolute Gasteiger partial charge is 0.497 e. The molecule has 1 aliphatic heterocycles. The van der Waals surface area contributed by atoms with E-state index < -0.39 is 5.25 Å². The molecule has 0 spiro atoms. The number of hydrogen-bond donors (Lipinski definition) is 2. The molecule has 2 aromatic rings. The van der Waals surface area contributed by atoms with Crippen molar-refractivity contribution in [1.29, 1.82) is 0 Å². The van der Waals surface area contributed by atoms with Gasteiger partial charge in [0.25, 0.3) is 0 Å². The lowest BCUT2D eigenvalue weighted by Gasteiger charge is -2.24. The topological polar surface area (TPSA) is 76.7 Å². The summed E-state index contributed by atoms with van der Waals surface area (Å²) >= 11 is 1.38. The van der Waals surface area contributed by atoms with Crippen molar-refractivity contribution in [3.05, 3.63) is 42.5 Å². The lowest BCUT2D eigenvalue weighted by Crippen LogP contribution is -2.32. The average molecular weight is 358 g/mol. The van der Waals surface area contributed by atoms with E-state index in [-0.39, 0.29) is 18.2 Å². The third kappa shape index (κ3) is 4.06. The van der Waals surface area contributed by atoms with E-state index in [4.69, 9.17) is 9.47 Å². The molecule has 2 amide bonds. The molecule has 1 aliphatic rings. The van der Waals surface area contributed by atoms with Gasteiger partial charge in [-0.1, -0.05) is 6.07 Å². The fourth-order valence-corrected chi connectivity index (χ4v) is 3.56. The minimum atomic E-state index is -0.480. The Bertz CT molecular complexity index is 809. The predicted octanol–water partition coefficient (Wildman–Crippen LogP) is 3.15. The molecule has 2 N–H and O–H groups in total. The second-order valence-corrected chi connectivity index (χ2v) is 6.69. The standard InChI is InChI=1S/C18H18N2O4S/c1-23-12-5-3-4-11(8-12)19-17(21)10-16-18(22)20-14-9-13(24-2)6-7-15(14)25-16/h3-9,16H,10H2,1-2H3,(H,19,21)(H,20,22). The number of ether oxygens (including phenoxy) is 2. The highest BCUT2D eigenvalue weighted by Gasteiger charge is 2.29. The zero-order valence-corrected chi connectivity index (χ0v) is 14.7. The van der Waals surface area contributed by atoms with Crippen molar-refractivity contribution in [2.75, 3.05) is 24.9 Å². The van der Waals surface area contributed by atoms with Crippen LogP contribution in [0.4, 0.5) is 11.4 Å². The van der Waals surface area contributed by atoms with Gasteiger partial charge in [0.1, 0.15) is 11.5 Å². The predicted molar refractivity (Wildman–Crippen MR) is 97.5 cm³/mol. The molecular weight excluding hydrogens is 340 g/mol. The number of fused-ring (bicyclic) bond motifs is 1. The van der Waals surface area contributed by atoms with Crippen molar-refractivity contribution in [2.45, 2.75) is 16.6 Å². The van der Waals surface area contributed by atoms with E-state index in [1.165, 1.54) is 11.8 Å². The van der Waals surface area contributed by atoms with E-state index in [1.807, 2.05) is 12.1 Å². The number of amides is 2. The maximum Gasteiger partial charge on any atom is 0.238 e. The van der Waals surface area contributed by atoms with Gasteiger partial charge in [0.05, 0.1) is 25.2 Å². The van der Waals surface area contributed by atoms with Crippen LogP contribution in [0.25, 0.3) is 0 Å². The summed E-state index contributed by atoms with van der Waals surface area (Å²) in [6.45, 7) is 0. The summed E-state index contributed by atoms with van der Waals surface area (Å²) in [6.07, 6.45) is 0.0825. The molecule has 2 aromatic carbocycles. The molecular formula is C18H18N2O4S. The van der Waals surface area contributed by atoms with Gasteiger partial charge in [-0.3, -0.25) is 9.59 Å². The summed E-state index contributed by atoms with van der Waals surface area (Å²) in [5.41, 5.74) is 1.34. The number of nitrogens with one attached hydrogen (secondary N) is 2. The number of rotatable bonds is 5. The van der Waals surface area contributed by atoms with Crippen molar-refractivity contribution in [3.63, 3.8) is 0 Å². The first kappa shape index (κ1) is 17.2. The highest BCUT2D eigenvalue weighted by Crippen LogP contribution is 2.38. The average Bonchev–Trinajstić information content (AvgIpc) is 2.62. The molecule has 0 aliphatic carbocycles. The van der Waals surface area contributed by atoms with Crippen LogP contribution in [-0.4, -0.2) is 31.3 Å². The van der Waals surface area contributed by atoms with Gasteiger partial charge < -0.3 is 20.1 Å². The first-order valence-electron chi connectivity index (χ1n) is 7.68. The molecule has 0 bridgehead atoms. The summed E-state index contributed by atoms with van der Waals surface area (Å²) in [6, 6.07) is 12.6.